The van der Waals surface area contributed by atoms with Crippen molar-refractivity contribution in [1.82, 2.24) is 15.1 Å². The molecule has 0 saturated carbocycles. The van der Waals surface area contributed by atoms with Crippen molar-refractivity contribution in [2.45, 2.75) is 33.4 Å². The minimum Gasteiger partial charge on any atom is -0.493 e. The van der Waals surface area contributed by atoms with Crippen LogP contribution in [0.1, 0.15) is 32.5 Å². The molecule has 0 fully saturated rings. The lowest BCUT2D eigenvalue weighted by Crippen LogP contribution is -2.28. The summed E-state index contributed by atoms with van der Waals surface area (Å²) >= 11 is 0. The van der Waals surface area contributed by atoms with Gasteiger partial charge < -0.3 is 14.8 Å². The number of hydrogen-bond acceptors (Lipinski definition) is 4. The van der Waals surface area contributed by atoms with Crippen LogP contribution in [0.4, 0.5) is 0 Å². The highest BCUT2D eigenvalue weighted by molar-refractivity contribution is 5.28. The predicted molar refractivity (Wildman–Crippen MR) is 67.4 cm³/mol. The van der Waals surface area contributed by atoms with E-state index in [2.05, 4.69) is 24.3 Å². The predicted octanol–water partition coefficient (Wildman–Crippen LogP) is 1.60. The number of hydrogen-bond donors (Lipinski definition) is 1. The summed E-state index contributed by atoms with van der Waals surface area (Å²) in [6, 6.07) is 0.123. The number of nitrogens with one attached hydrogen (secondary N) is 1. The Kier molecular flexibility index (Phi) is 6.00. The molecule has 5 nitrogen and oxygen atoms in total. The molecular formula is C12H23N3O2. The molecule has 1 rings (SSSR count). The first-order valence-electron chi connectivity index (χ1n) is 6.19. The van der Waals surface area contributed by atoms with Gasteiger partial charge in [-0.15, -0.1) is 0 Å². The molecule has 5 heteroatoms. The van der Waals surface area contributed by atoms with E-state index in [1.54, 1.807) is 13.3 Å². The average Bonchev–Trinajstić information content (AvgIpc) is 2.77. The molecule has 1 aromatic rings. The van der Waals surface area contributed by atoms with Gasteiger partial charge in [0.15, 0.2) is 5.75 Å². The summed E-state index contributed by atoms with van der Waals surface area (Å²) in [5.74, 6) is 0.817. The zero-order valence-corrected chi connectivity index (χ0v) is 11.2. The van der Waals surface area contributed by atoms with Crippen molar-refractivity contribution in [2.75, 3.05) is 26.9 Å². The lowest BCUT2D eigenvalue weighted by atomic mass is 10.2. The fourth-order valence-corrected chi connectivity index (χ4v) is 1.86. The number of nitrogens with zero attached hydrogens (tertiary/aromatic N) is 2. The summed E-state index contributed by atoms with van der Waals surface area (Å²) in [6.07, 6.45) is 1.76. The van der Waals surface area contributed by atoms with Crippen LogP contribution in [0, 0.1) is 0 Å². The maximum atomic E-state index is 5.51. The van der Waals surface area contributed by atoms with Gasteiger partial charge in [0.05, 0.1) is 31.6 Å². The molecule has 0 radical (unpaired) electrons. The fourth-order valence-electron chi connectivity index (χ4n) is 1.86. The molecule has 0 aliphatic carbocycles. The maximum Gasteiger partial charge on any atom is 0.161 e. The molecule has 1 atom stereocenters. The Balaban J connectivity index is 2.93. The Morgan fingerprint density at radius 1 is 1.41 bits per heavy atom. The second kappa shape index (κ2) is 7.29. The molecule has 1 N–H and O–H groups in total. The number of ether oxygens (including phenoxy) is 2. The molecule has 1 aromatic heterocycles. The van der Waals surface area contributed by atoms with E-state index in [0.717, 1.165) is 24.5 Å². The van der Waals surface area contributed by atoms with Crippen molar-refractivity contribution < 1.29 is 9.47 Å². The first-order valence-corrected chi connectivity index (χ1v) is 6.19. The summed E-state index contributed by atoms with van der Waals surface area (Å²) in [6.45, 7) is 9.20. The van der Waals surface area contributed by atoms with Gasteiger partial charge in [-0.3, -0.25) is 4.68 Å². The molecule has 0 saturated heterocycles. The van der Waals surface area contributed by atoms with Gasteiger partial charge in [0, 0.05) is 13.2 Å². The van der Waals surface area contributed by atoms with Crippen LogP contribution < -0.4 is 10.1 Å². The topological polar surface area (TPSA) is 48.3 Å². The van der Waals surface area contributed by atoms with Gasteiger partial charge in [-0.05, 0) is 20.4 Å². The summed E-state index contributed by atoms with van der Waals surface area (Å²) in [7, 11) is 1.67. The SMILES string of the molecule is CCNC(COCC)c1c(OC)cnn1CC. The summed E-state index contributed by atoms with van der Waals surface area (Å²) in [4.78, 5) is 0. The van der Waals surface area contributed by atoms with E-state index in [4.69, 9.17) is 9.47 Å². The van der Waals surface area contributed by atoms with Gasteiger partial charge in [-0.1, -0.05) is 6.92 Å². The zero-order valence-electron chi connectivity index (χ0n) is 11.2. The summed E-state index contributed by atoms with van der Waals surface area (Å²) in [5.41, 5.74) is 1.06. The van der Waals surface area contributed by atoms with Crippen LogP contribution in [0.5, 0.6) is 5.75 Å². The zero-order chi connectivity index (χ0) is 12.7. The Bertz CT molecular complexity index is 304. The minimum absolute atomic E-state index is 0.123. The van der Waals surface area contributed by atoms with E-state index >= 15 is 0 Å². The van der Waals surface area contributed by atoms with Crippen LogP contribution in [-0.4, -0.2) is 36.6 Å². The third-order valence-electron chi connectivity index (χ3n) is 2.63. The normalized spacial score (nSPS) is 12.7. The van der Waals surface area contributed by atoms with E-state index in [9.17, 15) is 0 Å². The second-order valence-electron chi connectivity index (χ2n) is 3.68. The highest BCUT2D eigenvalue weighted by Crippen LogP contribution is 2.25. The first kappa shape index (κ1) is 14.0. The summed E-state index contributed by atoms with van der Waals surface area (Å²) < 4.78 is 12.8. The first-order chi connectivity index (χ1) is 8.28. The van der Waals surface area contributed by atoms with Crippen LogP contribution in [-0.2, 0) is 11.3 Å². The number of likely N-dealkylation sites (N-methyl/N-ethyl adjacent to an activating group) is 1. The molecule has 0 bridgehead atoms. The highest BCUT2D eigenvalue weighted by atomic mass is 16.5. The minimum atomic E-state index is 0.123. The van der Waals surface area contributed by atoms with Crippen molar-refractivity contribution in [1.29, 1.82) is 0 Å². The van der Waals surface area contributed by atoms with Gasteiger partial charge in [0.2, 0.25) is 0 Å². The molecule has 1 unspecified atom stereocenters. The van der Waals surface area contributed by atoms with E-state index in [1.165, 1.54) is 0 Å². The fraction of sp³-hybridized carbons (Fsp3) is 0.750. The number of rotatable bonds is 8. The molecule has 1 heterocycles. The number of methoxy groups -OCH3 is 1. The smallest absolute Gasteiger partial charge is 0.161 e. The monoisotopic (exact) mass is 241 g/mol. The van der Waals surface area contributed by atoms with E-state index in [-0.39, 0.29) is 6.04 Å². The van der Waals surface area contributed by atoms with Crippen molar-refractivity contribution in [3.05, 3.63) is 11.9 Å². The van der Waals surface area contributed by atoms with Gasteiger partial charge in [0.25, 0.3) is 0 Å². The van der Waals surface area contributed by atoms with Crippen molar-refractivity contribution in [2.24, 2.45) is 0 Å². The lowest BCUT2D eigenvalue weighted by molar-refractivity contribution is 0.120. The summed E-state index contributed by atoms with van der Waals surface area (Å²) in [5, 5.41) is 7.72. The molecular weight excluding hydrogens is 218 g/mol. The van der Waals surface area contributed by atoms with Crippen molar-refractivity contribution in [3.8, 4) is 5.75 Å². The standard InChI is InChI=1S/C12H23N3O2/c1-5-13-10(9-17-7-3)12-11(16-4)8-14-15(12)6-2/h8,10,13H,5-7,9H2,1-4H3. The van der Waals surface area contributed by atoms with Crippen LogP contribution >= 0.6 is 0 Å². The molecule has 98 valence electrons. The van der Waals surface area contributed by atoms with E-state index in [0.29, 0.717) is 13.2 Å². The molecule has 0 aromatic carbocycles. The Hall–Kier alpha value is -1.07. The molecule has 17 heavy (non-hydrogen) atoms. The van der Waals surface area contributed by atoms with E-state index in [1.807, 2.05) is 11.6 Å². The van der Waals surface area contributed by atoms with Crippen molar-refractivity contribution in [3.63, 3.8) is 0 Å². The van der Waals surface area contributed by atoms with Gasteiger partial charge in [0.1, 0.15) is 0 Å². The van der Waals surface area contributed by atoms with E-state index < -0.39 is 0 Å². The Labute approximate surface area is 103 Å². The molecule has 0 aliphatic heterocycles. The number of aryl methyl sites for hydroxylation is 1. The number of aromatic nitrogens is 2. The molecule has 0 amide bonds. The largest absolute Gasteiger partial charge is 0.493 e. The average molecular weight is 241 g/mol. The molecule has 0 spiro atoms. The maximum absolute atomic E-state index is 5.51. The Morgan fingerprint density at radius 2 is 2.18 bits per heavy atom. The third kappa shape index (κ3) is 3.44. The Morgan fingerprint density at radius 3 is 2.71 bits per heavy atom. The van der Waals surface area contributed by atoms with Crippen LogP contribution in [0.25, 0.3) is 0 Å². The van der Waals surface area contributed by atoms with Gasteiger partial charge >= 0.3 is 0 Å². The van der Waals surface area contributed by atoms with Crippen molar-refractivity contribution >= 4 is 0 Å². The van der Waals surface area contributed by atoms with Gasteiger partial charge in [-0.2, -0.15) is 5.10 Å². The van der Waals surface area contributed by atoms with Crippen LogP contribution in [0.2, 0.25) is 0 Å². The quantitative estimate of drug-likeness (QED) is 0.751. The second-order valence-corrected chi connectivity index (χ2v) is 3.68. The third-order valence-corrected chi connectivity index (χ3v) is 2.63. The highest BCUT2D eigenvalue weighted by Gasteiger charge is 2.20. The molecule has 0 aliphatic rings. The van der Waals surface area contributed by atoms with Crippen LogP contribution in [0.15, 0.2) is 6.20 Å². The van der Waals surface area contributed by atoms with Gasteiger partial charge in [-0.25, -0.2) is 0 Å². The van der Waals surface area contributed by atoms with Crippen LogP contribution in [0.3, 0.4) is 0 Å². The lowest BCUT2D eigenvalue weighted by Gasteiger charge is -2.20.